The first-order valence-corrected chi connectivity index (χ1v) is 16.6. The van der Waals surface area contributed by atoms with Gasteiger partial charge in [0.05, 0.1) is 12.4 Å². The molecule has 1 heterocycles. The highest BCUT2D eigenvalue weighted by Gasteiger charge is 2.34. The average molecular weight is 710 g/mol. The van der Waals surface area contributed by atoms with Gasteiger partial charge in [-0.15, -0.1) is 0 Å². The van der Waals surface area contributed by atoms with Gasteiger partial charge in [-0.2, -0.15) is 0 Å². The third-order valence-electron chi connectivity index (χ3n) is 7.88. The molecule has 0 saturated heterocycles. The second-order valence-electron chi connectivity index (χ2n) is 12.7. The number of H-pyrrole nitrogens is 1. The van der Waals surface area contributed by atoms with Crippen LogP contribution in [0.1, 0.15) is 72.9 Å². The summed E-state index contributed by atoms with van der Waals surface area (Å²) in [5.41, 5.74) is 17.0. The zero-order chi connectivity index (χ0) is 38.1. The number of carbonyl (C=O) groups excluding carboxylic acids is 5. The average Bonchev–Trinajstić information content (AvgIpc) is 3.55. The fourth-order valence-corrected chi connectivity index (χ4v) is 4.67. The summed E-state index contributed by atoms with van der Waals surface area (Å²) < 4.78 is 0. The molecule has 0 aliphatic carbocycles. The summed E-state index contributed by atoms with van der Waals surface area (Å²) in [5, 5.41) is 32.1. The topological polar surface area (TPSA) is 322 Å². The molecule has 0 bridgehead atoms. The minimum atomic E-state index is -1.32. The third kappa shape index (κ3) is 15.2. The van der Waals surface area contributed by atoms with Crippen LogP contribution < -0.4 is 43.8 Å². The SMILES string of the molecule is CC[C@H](C)[C@H](NC(=O)[C@H](CCCN=C(N)N)NC(=O)[C@H](C)NC(=O)[C@H](Cc1cnc[nH]1)NC(=O)[C@@H](N)[C@@H](C)O)C(=O)N[C@@H](CC(C)C)C(=O)O. The van der Waals surface area contributed by atoms with Crippen molar-refractivity contribution in [2.75, 3.05) is 6.54 Å². The van der Waals surface area contributed by atoms with Crippen LogP contribution >= 0.6 is 0 Å². The van der Waals surface area contributed by atoms with Crippen molar-refractivity contribution < 1.29 is 39.0 Å². The van der Waals surface area contributed by atoms with Gasteiger partial charge in [0.15, 0.2) is 5.96 Å². The van der Waals surface area contributed by atoms with E-state index in [4.69, 9.17) is 17.2 Å². The standard InChI is InChI=1S/C31H55N11O8/c1-7-16(4)24(29(48)41-22(30(49)50)11-15(2)3)42-26(45)20(9-8-10-36-31(33)34)39-25(44)17(5)38-27(46)21(12-19-13-35-14-37-19)40-28(47)23(32)18(6)43/h13-18,20-24,43H,7-12,32H2,1-6H3,(H,35,37)(H,38,46)(H,39,44)(H,40,47)(H,41,48)(H,42,45)(H,49,50)(H4,33,34,36)/t16-,17-,18+,20-,21-,22-,23-,24-/m0/s1. The number of nitrogens with one attached hydrogen (secondary N) is 6. The van der Waals surface area contributed by atoms with E-state index in [0.717, 1.165) is 0 Å². The summed E-state index contributed by atoms with van der Waals surface area (Å²) in [4.78, 5) is 88.5. The van der Waals surface area contributed by atoms with E-state index in [9.17, 15) is 39.0 Å². The first-order valence-electron chi connectivity index (χ1n) is 16.6. The number of imidazole rings is 1. The fourth-order valence-electron chi connectivity index (χ4n) is 4.67. The number of carbonyl (C=O) groups is 6. The predicted octanol–water partition coefficient (Wildman–Crippen LogP) is -2.67. The maximum Gasteiger partial charge on any atom is 0.326 e. The van der Waals surface area contributed by atoms with Gasteiger partial charge >= 0.3 is 5.97 Å². The van der Waals surface area contributed by atoms with Crippen LogP contribution in [0.25, 0.3) is 0 Å². The highest BCUT2D eigenvalue weighted by Crippen LogP contribution is 2.12. The Kier molecular flexibility index (Phi) is 18.5. The van der Waals surface area contributed by atoms with Gasteiger partial charge in [0.25, 0.3) is 0 Å². The third-order valence-corrected chi connectivity index (χ3v) is 7.88. The zero-order valence-electron chi connectivity index (χ0n) is 29.6. The Morgan fingerprint density at radius 2 is 1.46 bits per heavy atom. The number of amides is 5. The highest BCUT2D eigenvalue weighted by atomic mass is 16.4. The van der Waals surface area contributed by atoms with E-state index in [2.05, 4.69) is 41.5 Å². The van der Waals surface area contributed by atoms with E-state index in [1.807, 2.05) is 13.8 Å². The molecule has 0 saturated carbocycles. The van der Waals surface area contributed by atoms with Crippen LogP contribution in [0.5, 0.6) is 0 Å². The van der Waals surface area contributed by atoms with Gasteiger partial charge in [0.1, 0.15) is 36.3 Å². The van der Waals surface area contributed by atoms with Crippen LogP contribution in [-0.2, 0) is 35.2 Å². The van der Waals surface area contributed by atoms with Crippen molar-refractivity contribution in [1.29, 1.82) is 0 Å². The van der Waals surface area contributed by atoms with Crippen molar-refractivity contribution in [3.63, 3.8) is 0 Å². The van der Waals surface area contributed by atoms with Crippen molar-refractivity contribution in [1.82, 2.24) is 36.6 Å². The Balaban J connectivity index is 3.18. The molecule has 0 aliphatic rings. The van der Waals surface area contributed by atoms with E-state index >= 15 is 0 Å². The summed E-state index contributed by atoms with van der Waals surface area (Å²) >= 11 is 0. The number of nitrogens with two attached hydrogens (primary N) is 3. The van der Waals surface area contributed by atoms with Crippen LogP contribution in [0, 0.1) is 11.8 Å². The molecule has 1 aromatic rings. The number of aliphatic imine (C=N–C) groups is 1. The Morgan fingerprint density at radius 1 is 0.860 bits per heavy atom. The number of carboxylic acids is 1. The molecule has 5 amide bonds. The van der Waals surface area contributed by atoms with Crippen LogP contribution in [0.15, 0.2) is 17.5 Å². The Labute approximate surface area is 291 Å². The monoisotopic (exact) mass is 709 g/mol. The van der Waals surface area contributed by atoms with Crippen molar-refractivity contribution >= 4 is 41.5 Å². The molecule has 282 valence electrons. The zero-order valence-corrected chi connectivity index (χ0v) is 29.6. The second kappa shape index (κ2) is 21.3. The van der Waals surface area contributed by atoms with Gasteiger partial charge in [0.2, 0.25) is 29.5 Å². The molecule has 0 radical (unpaired) electrons. The smallest absolute Gasteiger partial charge is 0.326 e. The van der Waals surface area contributed by atoms with Gasteiger partial charge in [-0.05, 0) is 44.9 Å². The predicted molar refractivity (Wildman–Crippen MR) is 184 cm³/mol. The number of aromatic nitrogens is 2. The number of nitrogens with zero attached hydrogens (tertiary/aromatic N) is 2. The minimum Gasteiger partial charge on any atom is -0.480 e. The van der Waals surface area contributed by atoms with Crippen molar-refractivity contribution in [2.24, 2.45) is 34.0 Å². The number of aliphatic hydroxyl groups is 1. The molecule has 8 atom stereocenters. The molecular formula is C31H55N11O8. The van der Waals surface area contributed by atoms with Gasteiger partial charge in [-0.25, -0.2) is 9.78 Å². The van der Waals surface area contributed by atoms with Crippen LogP contribution in [0.3, 0.4) is 0 Å². The number of hydrogen-bond acceptors (Lipinski definition) is 10. The molecule has 0 aliphatic heterocycles. The van der Waals surface area contributed by atoms with Gasteiger partial charge in [-0.3, -0.25) is 29.0 Å². The van der Waals surface area contributed by atoms with E-state index in [1.165, 1.54) is 26.4 Å². The molecule has 14 N–H and O–H groups in total. The molecule has 1 rings (SSSR count). The number of aliphatic carboxylic acids is 1. The number of aromatic amines is 1. The number of rotatable bonds is 22. The van der Waals surface area contributed by atoms with E-state index in [0.29, 0.717) is 12.1 Å². The quantitative estimate of drug-likeness (QED) is 0.0334. The largest absolute Gasteiger partial charge is 0.480 e. The van der Waals surface area contributed by atoms with Crippen molar-refractivity contribution in [3.05, 3.63) is 18.2 Å². The fraction of sp³-hybridized carbons (Fsp3) is 0.677. The normalized spacial score (nSPS) is 15.9. The molecule has 0 spiro atoms. The lowest BCUT2D eigenvalue weighted by atomic mass is 9.96. The lowest BCUT2D eigenvalue weighted by Gasteiger charge is -2.28. The molecule has 0 unspecified atom stereocenters. The van der Waals surface area contributed by atoms with Crippen LogP contribution in [-0.4, -0.2) is 111 Å². The maximum atomic E-state index is 13.6. The molecule has 1 aromatic heterocycles. The minimum absolute atomic E-state index is 0.0285. The molecular weight excluding hydrogens is 654 g/mol. The molecule has 19 nitrogen and oxygen atoms in total. The highest BCUT2D eigenvalue weighted by molar-refractivity contribution is 5.96. The molecule has 0 aromatic carbocycles. The van der Waals surface area contributed by atoms with Crippen molar-refractivity contribution in [3.8, 4) is 0 Å². The summed E-state index contributed by atoms with van der Waals surface area (Å²) in [6.07, 6.45) is 2.50. The first kappa shape index (κ1) is 43.2. The second-order valence-corrected chi connectivity index (χ2v) is 12.7. The lowest BCUT2D eigenvalue weighted by molar-refractivity contribution is -0.143. The lowest BCUT2D eigenvalue weighted by Crippen LogP contribution is -2.60. The summed E-state index contributed by atoms with van der Waals surface area (Å²) in [7, 11) is 0. The van der Waals surface area contributed by atoms with Crippen LogP contribution in [0.2, 0.25) is 0 Å². The van der Waals surface area contributed by atoms with Gasteiger partial charge < -0.3 is 59.0 Å². The number of hydrogen-bond donors (Lipinski definition) is 11. The van der Waals surface area contributed by atoms with E-state index < -0.39 is 83.8 Å². The number of guanidine groups is 1. The molecule has 19 heteroatoms. The summed E-state index contributed by atoms with van der Waals surface area (Å²) in [6.45, 7) is 9.98. The van der Waals surface area contributed by atoms with Gasteiger partial charge in [0, 0.05) is 24.9 Å². The first-order chi connectivity index (χ1) is 23.4. The maximum absolute atomic E-state index is 13.6. The number of aliphatic hydroxyl groups excluding tert-OH is 1. The van der Waals surface area contributed by atoms with Crippen molar-refractivity contribution in [2.45, 2.75) is 116 Å². The molecule has 50 heavy (non-hydrogen) atoms. The Hall–Kier alpha value is -4.78. The Morgan fingerprint density at radius 3 is 1.98 bits per heavy atom. The Bertz CT molecular complexity index is 1300. The van der Waals surface area contributed by atoms with E-state index in [1.54, 1.807) is 13.8 Å². The van der Waals surface area contributed by atoms with E-state index in [-0.39, 0.29) is 44.1 Å². The molecule has 0 fully saturated rings. The summed E-state index contributed by atoms with van der Waals surface area (Å²) in [6, 6.07) is -7.28. The van der Waals surface area contributed by atoms with Crippen LogP contribution in [0.4, 0.5) is 0 Å². The number of carboxylic acid groups (broad SMARTS) is 1. The van der Waals surface area contributed by atoms with Gasteiger partial charge in [-0.1, -0.05) is 34.1 Å². The summed E-state index contributed by atoms with van der Waals surface area (Å²) in [5.74, 6) is -5.55.